The largest absolute Gasteiger partial charge is 0.456 e. The molecule has 5 aliphatic carbocycles. The third-order valence-corrected chi connectivity index (χ3v) is 17.0. The number of furan rings is 1. The normalized spacial score (nSPS) is 24.1. The highest BCUT2D eigenvalue weighted by atomic mass is 16.3. The number of hydrogen-bond donors (Lipinski definition) is 0. The summed E-state index contributed by atoms with van der Waals surface area (Å²) in [6.45, 7) is 0. The van der Waals surface area contributed by atoms with Crippen molar-refractivity contribution in [2.75, 3.05) is 4.90 Å². The lowest BCUT2D eigenvalue weighted by atomic mass is 9.11. The Morgan fingerprint density at radius 3 is 1.89 bits per heavy atom. The molecule has 4 atom stereocenters. The van der Waals surface area contributed by atoms with E-state index in [4.69, 9.17) is 4.42 Å². The van der Waals surface area contributed by atoms with Gasteiger partial charge >= 0.3 is 0 Å². The SMILES string of the molecule is c1ccc(-c2cccc3cccc(-c4ccccc4N(c4ccc(-c5ccc6c(c5)oc5ccccc56)cc4)c4ccc5c(c4)C4(c6ccccc6-5)C5CC6CC7CC4C675)c23)cc1. The first-order valence-electron chi connectivity index (χ1n) is 22.9. The highest BCUT2D eigenvalue weighted by Crippen LogP contribution is 2.94. The predicted molar refractivity (Wildman–Crippen MR) is 259 cm³/mol. The first-order chi connectivity index (χ1) is 31.2. The van der Waals surface area contributed by atoms with Crippen LogP contribution in [0.5, 0.6) is 0 Å². The van der Waals surface area contributed by atoms with Gasteiger partial charge in [-0.25, -0.2) is 0 Å². The second-order valence-corrected chi connectivity index (χ2v) is 19.1. The van der Waals surface area contributed by atoms with Gasteiger partial charge in [-0.1, -0.05) is 152 Å². The van der Waals surface area contributed by atoms with Gasteiger partial charge in [0.2, 0.25) is 0 Å². The van der Waals surface area contributed by atoms with E-state index >= 15 is 0 Å². The van der Waals surface area contributed by atoms with Crippen LogP contribution in [0.25, 0.3) is 77.2 Å². The first-order valence-corrected chi connectivity index (χ1v) is 22.9. The molecule has 15 rings (SSSR count). The van der Waals surface area contributed by atoms with Gasteiger partial charge in [0.1, 0.15) is 11.2 Å². The lowest BCUT2D eigenvalue weighted by molar-refractivity contribution is -0.412. The zero-order valence-electron chi connectivity index (χ0n) is 34.8. The molecular weight excluding hydrogens is 763 g/mol. The van der Waals surface area contributed by atoms with Crippen molar-refractivity contribution in [3.63, 3.8) is 0 Å². The standard InChI is InChI=1S/C61H43NO/c1-2-12-38(13-3-1)45-19-10-14-39-15-11-20-51(59(39)45)48-17-5-8-22-54(48)62(43-27-24-37(25-28-43)40-26-30-50-49-18-6-9-23-55(49)63-56(50)32-40)44-29-31-47-46-16-4-7-21-52(46)61(53(47)36-44)57-34-41-33-42-35-58(61)60(41,42)57/h1-32,36,41-42,57-58H,33-35H2. The minimum atomic E-state index is 0.125. The van der Waals surface area contributed by atoms with Crippen molar-refractivity contribution in [2.24, 2.45) is 29.1 Å². The van der Waals surface area contributed by atoms with Crippen LogP contribution in [0.1, 0.15) is 30.4 Å². The second-order valence-electron chi connectivity index (χ2n) is 19.1. The lowest BCUT2D eigenvalue weighted by Gasteiger charge is -2.92. The maximum atomic E-state index is 6.34. The Morgan fingerprint density at radius 1 is 0.413 bits per heavy atom. The summed E-state index contributed by atoms with van der Waals surface area (Å²) in [5.74, 6) is 3.46. The molecule has 63 heavy (non-hydrogen) atoms. The van der Waals surface area contributed by atoms with Crippen molar-refractivity contribution in [3.05, 3.63) is 211 Å². The van der Waals surface area contributed by atoms with E-state index < -0.39 is 0 Å². The van der Waals surface area contributed by atoms with Crippen molar-refractivity contribution in [1.82, 2.24) is 0 Å². The Bertz CT molecular complexity index is 3510. The Kier molecular flexibility index (Phi) is 6.70. The van der Waals surface area contributed by atoms with Gasteiger partial charge in [0.05, 0.1) is 5.69 Å². The first kappa shape index (κ1) is 34.4. The number of fused-ring (bicyclic) bond motifs is 11. The Balaban J connectivity index is 0.925. The number of para-hydroxylation sites is 2. The maximum Gasteiger partial charge on any atom is 0.136 e. The summed E-state index contributed by atoms with van der Waals surface area (Å²) in [6, 6.07) is 74.6. The maximum absolute atomic E-state index is 6.34. The molecule has 0 aliphatic heterocycles. The molecule has 0 amide bonds. The summed E-state index contributed by atoms with van der Waals surface area (Å²) in [6.07, 6.45) is 4.26. The topological polar surface area (TPSA) is 16.4 Å². The molecule has 0 N–H and O–H groups in total. The van der Waals surface area contributed by atoms with E-state index in [-0.39, 0.29) is 5.41 Å². The minimum Gasteiger partial charge on any atom is -0.456 e. The summed E-state index contributed by atoms with van der Waals surface area (Å²) in [4.78, 5) is 2.55. The van der Waals surface area contributed by atoms with Crippen LogP contribution in [0.3, 0.4) is 0 Å². The van der Waals surface area contributed by atoms with Gasteiger partial charge in [0, 0.05) is 33.1 Å². The summed E-state index contributed by atoms with van der Waals surface area (Å²) in [7, 11) is 0. The van der Waals surface area contributed by atoms with Gasteiger partial charge in [0.25, 0.3) is 0 Å². The lowest BCUT2D eigenvalue weighted by Crippen LogP contribution is -2.88. The number of rotatable bonds is 6. The fourth-order valence-corrected chi connectivity index (χ4v) is 14.5. The number of hydrogen-bond acceptors (Lipinski definition) is 2. The Labute approximate surface area is 367 Å². The van der Waals surface area contributed by atoms with Crippen molar-refractivity contribution in [2.45, 2.75) is 24.7 Å². The number of nitrogens with zero attached hydrogens (tertiary/aromatic N) is 1. The van der Waals surface area contributed by atoms with E-state index in [0.29, 0.717) is 5.41 Å². The summed E-state index contributed by atoms with van der Waals surface area (Å²) in [5, 5.41) is 4.83. The molecule has 4 unspecified atom stereocenters. The summed E-state index contributed by atoms with van der Waals surface area (Å²) >= 11 is 0. The van der Waals surface area contributed by atoms with Crippen molar-refractivity contribution in [1.29, 1.82) is 0 Å². The van der Waals surface area contributed by atoms with Crippen LogP contribution < -0.4 is 4.90 Å². The van der Waals surface area contributed by atoms with Crippen LogP contribution in [0, 0.1) is 29.1 Å². The molecule has 1 heterocycles. The van der Waals surface area contributed by atoms with Crippen LogP contribution in [0.4, 0.5) is 17.1 Å². The van der Waals surface area contributed by atoms with E-state index in [2.05, 4.69) is 199 Å². The van der Waals surface area contributed by atoms with Gasteiger partial charge in [-0.3, -0.25) is 0 Å². The molecule has 10 aromatic rings. The van der Waals surface area contributed by atoms with Crippen LogP contribution >= 0.6 is 0 Å². The molecule has 2 heteroatoms. The molecule has 9 aromatic carbocycles. The van der Waals surface area contributed by atoms with Gasteiger partial charge < -0.3 is 9.32 Å². The molecule has 2 spiro atoms. The van der Waals surface area contributed by atoms with Gasteiger partial charge in [-0.2, -0.15) is 0 Å². The molecule has 298 valence electrons. The minimum absolute atomic E-state index is 0.125. The smallest absolute Gasteiger partial charge is 0.136 e. The van der Waals surface area contributed by atoms with Crippen LogP contribution in [0.15, 0.2) is 205 Å². The molecule has 4 fully saturated rings. The monoisotopic (exact) mass is 805 g/mol. The van der Waals surface area contributed by atoms with E-state index in [1.165, 1.54) is 80.4 Å². The Hall–Kier alpha value is -7.16. The number of benzene rings is 9. The fraction of sp³-hybridized carbons (Fsp3) is 0.148. The Morgan fingerprint density at radius 2 is 1.06 bits per heavy atom. The molecule has 2 nitrogen and oxygen atoms in total. The van der Waals surface area contributed by atoms with Crippen LogP contribution in [-0.4, -0.2) is 0 Å². The van der Waals surface area contributed by atoms with Crippen LogP contribution in [-0.2, 0) is 5.41 Å². The fourth-order valence-electron chi connectivity index (χ4n) is 14.5. The average molecular weight is 806 g/mol. The van der Waals surface area contributed by atoms with E-state index in [0.717, 1.165) is 56.9 Å². The van der Waals surface area contributed by atoms with Crippen molar-refractivity contribution < 1.29 is 4.42 Å². The second kappa shape index (κ2) is 12.3. The van der Waals surface area contributed by atoms with Gasteiger partial charge in [-0.15, -0.1) is 0 Å². The molecule has 5 aliphatic rings. The highest BCUT2D eigenvalue weighted by molar-refractivity contribution is 6.09. The molecule has 0 saturated heterocycles. The quantitative estimate of drug-likeness (QED) is 0.166. The zero-order valence-corrected chi connectivity index (χ0v) is 34.8. The van der Waals surface area contributed by atoms with Crippen molar-refractivity contribution >= 4 is 49.8 Å². The molecular formula is C61H43NO. The number of anilines is 3. The molecule has 0 radical (unpaired) electrons. The van der Waals surface area contributed by atoms with E-state index in [1.54, 1.807) is 11.1 Å². The van der Waals surface area contributed by atoms with Gasteiger partial charge in [0.15, 0.2) is 0 Å². The average Bonchev–Trinajstić information content (AvgIpc) is 3.84. The zero-order chi connectivity index (χ0) is 41.0. The molecule has 4 saturated carbocycles. The van der Waals surface area contributed by atoms with E-state index in [1.807, 2.05) is 6.07 Å². The summed E-state index contributed by atoms with van der Waals surface area (Å²) in [5.41, 5.74) is 19.4. The third-order valence-electron chi connectivity index (χ3n) is 17.0. The van der Waals surface area contributed by atoms with Gasteiger partial charge in [-0.05, 0) is 158 Å². The van der Waals surface area contributed by atoms with E-state index in [9.17, 15) is 0 Å². The molecule has 0 bridgehead atoms. The third kappa shape index (κ3) is 4.25. The van der Waals surface area contributed by atoms with Crippen molar-refractivity contribution in [3.8, 4) is 44.5 Å². The molecule has 1 aromatic heterocycles. The highest BCUT2D eigenvalue weighted by Gasteiger charge is 2.90. The predicted octanol–water partition coefficient (Wildman–Crippen LogP) is 16.2. The van der Waals surface area contributed by atoms with Crippen LogP contribution in [0.2, 0.25) is 0 Å². The summed E-state index contributed by atoms with van der Waals surface area (Å²) < 4.78 is 6.34.